The van der Waals surface area contributed by atoms with Gasteiger partial charge in [-0.2, -0.15) is 4.31 Å². The van der Waals surface area contributed by atoms with Gasteiger partial charge in [0, 0.05) is 18.8 Å². The zero-order valence-electron chi connectivity index (χ0n) is 14.3. The van der Waals surface area contributed by atoms with Crippen LogP contribution in [0.1, 0.15) is 19.0 Å². The Kier molecular flexibility index (Phi) is 6.17. The minimum atomic E-state index is -3.62. The second kappa shape index (κ2) is 7.79. The fourth-order valence-electron chi connectivity index (χ4n) is 2.86. The Morgan fingerprint density at radius 2 is 2.08 bits per heavy atom. The van der Waals surface area contributed by atoms with E-state index in [2.05, 4.69) is 4.98 Å². The van der Waals surface area contributed by atoms with Crippen molar-refractivity contribution < 1.29 is 21.6 Å². The van der Waals surface area contributed by atoms with E-state index in [1.807, 2.05) is 0 Å². The molecule has 0 aliphatic carbocycles. The summed E-state index contributed by atoms with van der Waals surface area (Å²) in [7, 11) is -6.74. The molecule has 0 aromatic carbocycles. The van der Waals surface area contributed by atoms with Crippen LogP contribution in [0.25, 0.3) is 0 Å². The molecule has 1 amide bonds. The molecule has 0 spiro atoms. The third kappa shape index (κ3) is 5.48. The van der Waals surface area contributed by atoms with E-state index in [1.54, 1.807) is 31.3 Å². The van der Waals surface area contributed by atoms with Crippen LogP contribution in [0.3, 0.4) is 0 Å². The number of likely N-dealkylation sites (N-methyl/N-ethyl adjacent to an activating group) is 1. The minimum Gasteiger partial charge on any atom is -0.338 e. The van der Waals surface area contributed by atoms with E-state index in [4.69, 9.17) is 0 Å². The predicted octanol–water partition coefficient (Wildman–Crippen LogP) is -0.121. The summed E-state index contributed by atoms with van der Waals surface area (Å²) in [6.45, 7) is 1.75. The number of aromatic nitrogens is 1. The standard InChI is InChI=1S/C15H23N3O5S2/c1-3-18(14-7-9-25(22,23)12-14)15(19)11-17(24(2,20)21)10-13-6-4-5-8-16-13/h4-6,8,14H,3,7,9-12H2,1-2H3. The molecule has 1 saturated heterocycles. The average molecular weight is 389 g/mol. The Morgan fingerprint density at radius 1 is 1.36 bits per heavy atom. The second-order valence-electron chi connectivity index (χ2n) is 6.09. The van der Waals surface area contributed by atoms with Gasteiger partial charge >= 0.3 is 0 Å². The number of sulfonamides is 1. The quantitative estimate of drug-likeness (QED) is 0.644. The fourth-order valence-corrected chi connectivity index (χ4v) is 5.31. The zero-order valence-corrected chi connectivity index (χ0v) is 16.0. The van der Waals surface area contributed by atoms with Gasteiger partial charge < -0.3 is 4.90 Å². The number of rotatable bonds is 7. The van der Waals surface area contributed by atoms with Crippen LogP contribution in [0.15, 0.2) is 24.4 Å². The van der Waals surface area contributed by atoms with Gasteiger partial charge in [-0.05, 0) is 25.5 Å². The van der Waals surface area contributed by atoms with E-state index in [1.165, 1.54) is 4.90 Å². The van der Waals surface area contributed by atoms with Crippen molar-refractivity contribution in [3.63, 3.8) is 0 Å². The highest BCUT2D eigenvalue weighted by atomic mass is 32.2. The van der Waals surface area contributed by atoms with Crippen LogP contribution in [0.2, 0.25) is 0 Å². The van der Waals surface area contributed by atoms with Crippen molar-refractivity contribution in [2.24, 2.45) is 0 Å². The van der Waals surface area contributed by atoms with E-state index in [-0.39, 0.29) is 24.6 Å². The highest BCUT2D eigenvalue weighted by Crippen LogP contribution is 2.18. The average Bonchev–Trinajstić information content (AvgIpc) is 2.87. The summed E-state index contributed by atoms with van der Waals surface area (Å²) in [4.78, 5) is 18.2. The van der Waals surface area contributed by atoms with Gasteiger partial charge in [-0.25, -0.2) is 16.8 Å². The number of carbonyl (C=O) groups is 1. The molecule has 2 heterocycles. The maximum atomic E-state index is 12.6. The van der Waals surface area contributed by atoms with Gasteiger partial charge in [-0.15, -0.1) is 0 Å². The first kappa shape index (κ1) is 19.8. The molecule has 1 fully saturated rings. The Morgan fingerprint density at radius 3 is 2.56 bits per heavy atom. The van der Waals surface area contributed by atoms with Gasteiger partial charge in [0.15, 0.2) is 9.84 Å². The second-order valence-corrected chi connectivity index (χ2v) is 10.3. The Bertz CT molecular complexity index is 809. The molecule has 10 heteroatoms. The number of nitrogens with zero attached hydrogens (tertiary/aromatic N) is 3. The van der Waals surface area contributed by atoms with Crippen molar-refractivity contribution in [3.8, 4) is 0 Å². The summed E-state index contributed by atoms with van der Waals surface area (Å²) in [6, 6.07) is 4.76. The van der Waals surface area contributed by atoms with Crippen LogP contribution in [0.5, 0.6) is 0 Å². The Hall–Kier alpha value is -1.52. The van der Waals surface area contributed by atoms with Crippen molar-refractivity contribution in [2.45, 2.75) is 25.9 Å². The number of pyridine rings is 1. The van der Waals surface area contributed by atoms with Gasteiger partial charge in [-0.3, -0.25) is 9.78 Å². The van der Waals surface area contributed by atoms with Crippen LogP contribution < -0.4 is 0 Å². The van der Waals surface area contributed by atoms with Crippen LogP contribution in [-0.4, -0.2) is 73.8 Å². The molecular formula is C15H23N3O5S2. The van der Waals surface area contributed by atoms with Gasteiger partial charge in [-0.1, -0.05) is 6.07 Å². The number of hydrogen-bond donors (Lipinski definition) is 0. The molecule has 1 atom stereocenters. The SMILES string of the molecule is CCN(C(=O)CN(Cc1ccccn1)S(C)(=O)=O)C1CCS(=O)(=O)C1. The van der Waals surface area contributed by atoms with Crippen molar-refractivity contribution in [3.05, 3.63) is 30.1 Å². The van der Waals surface area contributed by atoms with E-state index in [0.29, 0.717) is 18.7 Å². The normalized spacial score (nSPS) is 19.9. The monoisotopic (exact) mass is 389 g/mol. The molecule has 8 nitrogen and oxygen atoms in total. The van der Waals surface area contributed by atoms with Gasteiger partial charge in [0.1, 0.15) is 0 Å². The summed E-state index contributed by atoms with van der Waals surface area (Å²) >= 11 is 0. The summed E-state index contributed by atoms with van der Waals surface area (Å²) in [5.41, 5.74) is 0.534. The smallest absolute Gasteiger partial charge is 0.238 e. The number of amides is 1. The molecule has 1 aromatic rings. The summed E-state index contributed by atoms with van der Waals surface area (Å²) < 4.78 is 48.4. The molecule has 0 radical (unpaired) electrons. The predicted molar refractivity (Wildman–Crippen MR) is 93.9 cm³/mol. The lowest BCUT2D eigenvalue weighted by atomic mass is 10.2. The molecule has 140 valence electrons. The molecule has 0 N–H and O–H groups in total. The van der Waals surface area contributed by atoms with Crippen molar-refractivity contribution in [1.82, 2.24) is 14.2 Å². The fraction of sp³-hybridized carbons (Fsp3) is 0.600. The summed E-state index contributed by atoms with van der Waals surface area (Å²) in [6.07, 6.45) is 2.99. The summed E-state index contributed by atoms with van der Waals surface area (Å²) in [5.74, 6) is -0.400. The highest BCUT2D eigenvalue weighted by molar-refractivity contribution is 7.91. The van der Waals surface area contributed by atoms with E-state index < -0.39 is 31.8 Å². The molecule has 2 rings (SSSR count). The van der Waals surface area contributed by atoms with Gasteiger partial charge in [0.25, 0.3) is 0 Å². The molecule has 1 unspecified atom stereocenters. The lowest BCUT2D eigenvalue weighted by Gasteiger charge is -2.29. The third-order valence-corrected chi connectivity index (χ3v) is 7.10. The molecule has 1 aromatic heterocycles. The minimum absolute atomic E-state index is 0.00800. The lowest BCUT2D eigenvalue weighted by Crippen LogP contribution is -2.47. The lowest BCUT2D eigenvalue weighted by molar-refractivity contribution is -0.133. The largest absolute Gasteiger partial charge is 0.338 e. The van der Waals surface area contributed by atoms with Gasteiger partial charge in [0.2, 0.25) is 15.9 Å². The topological polar surface area (TPSA) is 105 Å². The Labute approximate surface area is 148 Å². The zero-order chi connectivity index (χ0) is 18.7. The number of hydrogen-bond acceptors (Lipinski definition) is 6. The molecule has 1 aliphatic heterocycles. The molecular weight excluding hydrogens is 366 g/mol. The van der Waals surface area contributed by atoms with E-state index in [0.717, 1.165) is 10.6 Å². The molecule has 1 aliphatic rings. The van der Waals surface area contributed by atoms with E-state index in [9.17, 15) is 21.6 Å². The van der Waals surface area contributed by atoms with E-state index >= 15 is 0 Å². The molecule has 25 heavy (non-hydrogen) atoms. The first-order valence-electron chi connectivity index (χ1n) is 7.97. The van der Waals surface area contributed by atoms with Crippen LogP contribution in [0.4, 0.5) is 0 Å². The maximum Gasteiger partial charge on any atom is 0.238 e. The van der Waals surface area contributed by atoms with Crippen molar-refractivity contribution in [1.29, 1.82) is 0 Å². The van der Waals surface area contributed by atoms with Crippen LogP contribution in [0, 0.1) is 0 Å². The van der Waals surface area contributed by atoms with Gasteiger partial charge in [0.05, 0.1) is 36.5 Å². The van der Waals surface area contributed by atoms with Crippen LogP contribution in [-0.2, 0) is 31.2 Å². The number of sulfone groups is 1. The first-order chi connectivity index (χ1) is 11.6. The molecule has 0 bridgehead atoms. The molecule has 0 saturated carbocycles. The number of carbonyl (C=O) groups excluding carboxylic acids is 1. The Balaban J connectivity index is 2.13. The third-order valence-electron chi connectivity index (χ3n) is 4.16. The highest BCUT2D eigenvalue weighted by Gasteiger charge is 2.35. The first-order valence-corrected chi connectivity index (χ1v) is 11.6. The summed E-state index contributed by atoms with van der Waals surface area (Å²) in [5, 5.41) is 0. The van der Waals surface area contributed by atoms with Crippen LogP contribution >= 0.6 is 0 Å². The van der Waals surface area contributed by atoms with Crippen molar-refractivity contribution >= 4 is 25.8 Å². The van der Waals surface area contributed by atoms with Crippen molar-refractivity contribution in [2.75, 3.05) is 30.9 Å². The maximum absolute atomic E-state index is 12.6.